The van der Waals surface area contributed by atoms with Crippen molar-refractivity contribution in [2.75, 3.05) is 0 Å². The van der Waals surface area contributed by atoms with Gasteiger partial charge in [0.05, 0.1) is 0 Å². The first-order valence-corrected chi connectivity index (χ1v) is 7.30. The van der Waals surface area contributed by atoms with E-state index in [2.05, 4.69) is 47.4 Å². The van der Waals surface area contributed by atoms with Crippen LogP contribution in [0.1, 0.15) is 40.6 Å². The number of hydrazine groups is 1. The van der Waals surface area contributed by atoms with E-state index in [0.29, 0.717) is 5.92 Å². The largest absolute Gasteiger partial charge is 0.271 e. The third kappa shape index (κ3) is 1.99. The monoisotopic (exact) mass is 258 g/mol. The van der Waals surface area contributed by atoms with Gasteiger partial charge in [-0.25, -0.2) is 0 Å². The first-order valence-electron chi connectivity index (χ1n) is 6.36. The Morgan fingerprint density at radius 1 is 1.39 bits per heavy atom. The topological polar surface area (TPSA) is 38.0 Å². The van der Waals surface area contributed by atoms with Crippen molar-refractivity contribution in [2.45, 2.75) is 31.7 Å². The van der Waals surface area contributed by atoms with Crippen molar-refractivity contribution in [1.29, 1.82) is 0 Å². The molecule has 3 rings (SSSR count). The van der Waals surface area contributed by atoms with Gasteiger partial charge in [0.15, 0.2) is 0 Å². The Morgan fingerprint density at radius 2 is 2.22 bits per heavy atom. The van der Waals surface area contributed by atoms with Gasteiger partial charge in [0.1, 0.15) is 0 Å². The van der Waals surface area contributed by atoms with Crippen LogP contribution in [0.4, 0.5) is 0 Å². The van der Waals surface area contributed by atoms with Gasteiger partial charge in [-0.2, -0.15) is 11.3 Å². The van der Waals surface area contributed by atoms with Crippen molar-refractivity contribution in [3.63, 3.8) is 0 Å². The first kappa shape index (κ1) is 11.9. The van der Waals surface area contributed by atoms with E-state index in [9.17, 15) is 0 Å². The van der Waals surface area contributed by atoms with Crippen LogP contribution >= 0.6 is 11.3 Å². The van der Waals surface area contributed by atoms with Crippen molar-refractivity contribution in [3.8, 4) is 0 Å². The van der Waals surface area contributed by atoms with E-state index in [1.54, 1.807) is 11.3 Å². The Bertz CT molecular complexity index is 547. The summed E-state index contributed by atoms with van der Waals surface area (Å²) in [6, 6.07) is 9.00. The molecule has 1 aliphatic rings. The highest BCUT2D eigenvalue weighted by Crippen LogP contribution is 2.41. The predicted octanol–water partition coefficient (Wildman–Crippen LogP) is 3.29. The van der Waals surface area contributed by atoms with E-state index < -0.39 is 0 Å². The summed E-state index contributed by atoms with van der Waals surface area (Å²) in [5, 5.41) is 4.40. The lowest BCUT2D eigenvalue weighted by molar-refractivity contribution is 0.435. The number of aryl methyl sites for hydroxylation is 1. The summed E-state index contributed by atoms with van der Waals surface area (Å²) < 4.78 is 0. The molecule has 0 saturated heterocycles. The Hall–Kier alpha value is -1.16. The van der Waals surface area contributed by atoms with Gasteiger partial charge in [-0.1, -0.05) is 24.3 Å². The Balaban J connectivity index is 1.76. The van der Waals surface area contributed by atoms with Crippen molar-refractivity contribution in [3.05, 3.63) is 57.3 Å². The van der Waals surface area contributed by atoms with E-state index in [1.165, 1.54) is 28.7 Å². The smallest absolute Gasteiger partial charge is 0.0476 e. The number of rotatable bonds is 4. The summed E-state index contributed by atoms with van der Waals surface area (Å²) >= 11 is 1.75. The second kappa shape index (κ2) is 4.84. The fourth-order valence-corrected chi connectivity index (χ4v) is 3.77. The third-order valence-electron chi connectivity index (χ3n) is 3.95. The van der Waals surface area contributed by atoms with E-state index in [4.69, 9.17) is 5.84 Å². The summed E-state index contributed by atoms with van der Waals surface area (Å²) in [6.07, 6.45) is 2.28. The van der Waals surface area contributed by atoms with Gasteiger partial charge in [0.25, 0.3) is 0 Å². The SMILES string of the molecule is Cc1cscc1C(CC1Cc2ccccc21)NN. The van der Waals surface area contributed by atoms with E-state index >= 15 is 0 Å². The molecule has 0 spiro atoms. The lowest BCUT2D eigenvalue weighted by Crippen LogP contribution is -2.31. The van der Waals surface area contributed by atoms with Crippen LogP contribution < -0.4 is 11.3 Å². The van der Waals surface area contributed by atoms with Crippen molar-refractivity contribution < 1.29 is 0 Å². The molecular formula is C15H18N2S. The minimum absolute atomic E-state index is 0.273. The molecule has 1 aromatic heterocycles. The molecule has 0 amide bonds. The summed E-state index contributed by atoms with van der Waals surface area (Å²) in [7, 11) is 0. The van der Waals surface area contributed by atoms with Crippen LogP contribution in [0.25, 0.3) is 0 Å². The Labute approximate surface area is 112 Å². The quantitative estimate of drug-likeness (QED) is 0.652. The number of fused-ring (bicyclic) bond motifs is 1. The zero-order chi connectivity index (χ0) is 12.5. The van der Waals surface area contributed by atoms with Crippen LogP contribution in [0.2, 0.25) is 0 Å². The Kier molecular flexibility index (Phi) is 3.20. The molecule has 0 saturated carbocycles. The molecule has 1 aliphatic carbocycles. The normalized spacial score (nSPS) is 19.1. The number of nitrogens with two attached hydrogens (primary N) is 1. The molecule has 0 bridgehead atoms. The molecule has 1 heterocycles. The maximum atomic E-state index is 5.73. The van der Waals surface area contributed by atoms with E-state index in [1.807, 2.05) is 0 Å². The molecule has 2 aromatic rings. The molecule has 3 heteroatoms. The lowest BCUT2D eigenvalue weighted by atomic mass is 9.74. The van der Waals surface area contributed by atoms with Crippen LogP contribution in [-0.2, 0) is 6.42 Å². The lowest BCUT2D eigenvalue weighted by Gasteiger charge is -2.33. The molecular weight excluding hydrogens is 240 g/mol. The highest BCUT2D eigenvalue weighted by molar-refractivity contribution is 7.08. The Morgan fingerprint density at radius 3 is 2.89 bits per heavy atom. The molecule has 2 atom stereocenters. The van der Waals surface area contributed by atoms with Crippen LogP contribution in [0.15, 0.2) is 35.0 Å². The van der Waals surface area contributed by atoms with Gasteiger partial charge >= 0.3 is 0 Å². The standard InChI is InChI=1S/C15H18N2S/c1-10-8-18-9-14(10)15(17-16)7-12-6-11-4-2-3-5-13(11)12/h2-5,8-9,12,15,17H,6-7,16H2,1H3. The van der Waals surface area contributed by atoms with Crippen molar-refractivity contribution in [2.24, 2.45) is 5.84 Å². The molecule has 0 aliphatic heterocycles. The van der Waals surface area contributed by atoms with Crippen LogP contribution in [0.5, 0.6) is 0 Å². The minimum Gasteiger partial charge on any atom is -0.271 e. The first-order chi connectivity index (χ1) is 8.79. The molecule has 2 unspecified atom stereocenters. The zero-order valence-electron chi connectivity index (χ0n) is 10.5. The van der Waals surface area contributed by atoms with E-state index in [-0.39, 0.29) is 6.04 Å². The molecule has 0 radical (unpaired) electrons. The van der Waals surface area contributed by atoms with Gasteiger partial charge in [0.2, 0.25) is 0 Å². The van der Waals surface area contributed by atoms with Crippen LogP contribution in [0.3, 0.4) is 0 Å². The average molecular weight is 258 g/mol. The number of nitrogens with one attached hydrogen (secondary N) is 1. The fraction of sp³-hybridized carbons (Fsp3) is 0.333. The summed E-state index contributed by atoms with van der Waals surface area (Å²) in [5.74, 6) is 6.39. The summed E-state index contributed by atoms with van der Waals surface area (Å²) in [6.45, 7) is 2.16. The number of hydrogen-bond donors (Lipinski definition) is 2. The number of thiophene rings is 1. The average Bonchev–Trinajstić information content (AvgIpc) is 2.77. The minimum atomic E-state index is 0.273. The third-order valence-corrected chi connectivity index (χ3v) is 4.83. The molecule has 2 nitrogen and oxygen atoms in total. The van der Waals surface area contributed by atoms with Crippen LogP contribution in [-0.4, -0.2) is 0 Å². The highest BCUT2D eigenvalue weighted by atomic mass is 32.1. The zero-order valence-corrected chi connectivity index (χ0v) is 11.3. The number of hydrogen-bond acceptors (Lipinski definition) is 3. The van der Waals surface area contributed by atoms with Gasteiger partial charge in [-0.05, 0) is 58.7 Å². The highest BCUT2D eigenvalue weighted by Gasteiger charge is 2.28. The molecule has 3 N–H and O–H groups in total. The van der Waals surface area contributed by atoms with Gasteiger partial charge in [0, 0.05) is 6.04 Å². The number of benzene rings is 1. The summed E-state index contributed by atoms with van der Waals surface area (Å²) in [5.41, 5.74) is 8.68. The second-order valence-corrected chi connectivity index (χ2v) is 5.81. The second-order valence-electron chi connectivity index (χ2n) is 5.06. The summed E-state index contributed by atoms with van der Waals surface area (Å²) in [4.78, 5) is 0. The van der Waals surface area contributed by atoms with Crippen molar-refractivity contribution in [1.82, 2.24) is 5.43 Å². The maximum absolute atomic E-state index is 5.73. The van der Waals surface area contributed by atoms with Crippen LogP contribution in [0, 0.1) is 6.92 Å². The molecule has 18 heavy (non-hydrogen) atoms. The van der Waals surface area contributed by atoms with Gasteiger partial charge in [-0.15, -0.1) is 0 Å². The fourth-order valence-electron chi connectivity index (χ4n) is 2.87. The van der Waals surface area contributed by atoms with Crippen molar-refractivity contribution >= 4 is 11.3 Å². The van der Waals surface area contributed by atoms with Gasteiger partial charge < -0.3 is 0 Å². The van der Waals surface area contributed by atoms with E-state index in [0.717, 1.165) is 6.42 Å². The predicted molar refractivity (Wildman–Crippen MR) is 76.6 cm³/mol. The molecule has 1 aromatic carbocycles. The maximum Gasteiger partial charge on any atom is 0.0476 e. The van der Waals surface area contributed by atoms with Gasteiger partial charge in [-0.3, -0.25) is 11.3 Å². The molecule has 94 valence electrons. The molecule has 0 fully saturated rings.